The zero-order valence-electron chi connectivity index (χ0n) is 11.3. The van der Waals surface area contributed by atoms with Gasteiger partial charge in [-0.1, -0.05) is 26.0 Å². The highest BCUT2D eigenvalue weighted by Gasteiger charge is 2.22. The minimum absolute atomic E-state index is 0.154. The molecule has 100 valence electrons. The molecule has 2 nitrogen and oxygen atoms in total. The Kier molecular flexibility index (Phi) is 4.72. The van der Waals surface area contributed by atoms with Crippen molar-refractivity contribution in [1.29, 1.82) is 0 Å². The molecule has 1 unspecified atom stereocenters. The lowest BCUT2D eigenvalue weighted by Crippen LogP contribution is -2.30. The van der Waals surface area contributed by atoms with Crippen LogP contribution < -0.4 is 5.32 Å². The number of halogens is 1. The Labute approximate surface area is 109 Å². The van der Waals surface area contributed by atoms with E-state index in [4.69, 9.17) is 0 Å². The SMILES string of the molecule is CC(C)NCC1CCN(Cc2ccc(F)cc2)C1. The van der Waals surface area contributed by atoms with Crippen LogP contribution in [0, 0.1) is 11.7 Å². The van der Waals surface area contributed by atoms with Crippen LogP contribution in [0.15, 0.2) is 24.3 Å². The summed E-state index contributed by atoms with van der Waals surface area (Å²) in [7, 11) is 0. The van der Waals surface area contributed by atoms with Crippen LogP contribution in [0.1, 0.15) is 25.8 Å². The molecule has 0 aromatic heterocycles. The highest BCUT2D eigenvalue weighted by molar-refractivity contribution is 5.16. The first-order chi connectivity index (χ1) is 8.63. The molecule has 0 bridgehead atoms. The highest BCUT2D eigenvalue weighted by atomic mass is 19.1. The average Bonchev–Trinajstić information content (AvgIpc) is 2.77. The average molecular weight is 250 g/mol. The second-order valence-electron chi connectivity index (χ2n) is 5.58. The molecule has 1 saturated heterocycles. The topological polar surface area (TPSA) is 15.3 Å². The van der Waals surface area contributed by atoms with Crippen molar-refractivity contribution in [2.24, 2.45) is 5.92 Å². The zero-order chi connectivity index (χ0) is 13.0. The van der Waals surface area contributed by atoms with Crippen molar-refractivity contribution in [2.75, 3.05) is 19.6 Å². The second-order valence-corrected chi connectivity index (χ2v) is 5.58. The van der Waals surface area contributed by atoms with Gasteiger partial charge in [0.15, 0.2) is 0 Å². The summed E-state index contributed by atoms with van der Waals surface area (Å²) in [6.07, 6.45) is 1.26. The van der Waals surface area contributed by atoms with E-state index in [-0.39, 0.29) is 5.82 Å². The largest absolute Gasteiger partial charge is 0.314 e. The molecule has 1 aromatic rings. The Morgan fingerprint density at radius 2 is 2.06 bits per heavy atom. The lowest BCUT2D eigenvalue weighted by molar-refractivity contribution is 0.312. The molecule has 0 radical (unpaired) electrons. The summed E-state index contributed by atoms with van der Waals surface area (Å²) < 4.78 is 12.8. The molecule has 0 aliphatic carbocycles. The normalized spacial score (nSPS) is 20.8. The van der Waals surface area contributed by atoms with E-state index in [9.17, 15) is 4.39 Å². The van der Waals surface area contributed by atoms with Crippen molar-refractivity contribution in [3.8, 4) is 0 Å². The van der Waals surface area contributed by atoms with Gasteiger partial charge in [-0.2, -0.15) is 0 Å². The summed E-state index contributed by atoms with van der Waals surface area (Å²) in [4.78, 5) is 2.46. The van der Waals surface area contributed by atoms with Gasteiger partial charge in [0, 0.05) is 19.1 Å². The standard InChI is InChI=1S/C15H23FN2/c1-12(2)17-9-14-7-8-18(11-14)10-13-3-5-15(16)6-4-13/h3-6,12,14,17H,7-11H2,1-2H3. The number of likely N-dealkylation sites (tertiary alicyclic amines) is 1. The fourth-order valence-electron chi connectivity index (χ4n) is 2.47. The molecule has 1 aliphatic rings. The van der Waals surface area contributed by atoms with E-state index in [0.29, 0.717) is 6.04 Å². The van der Waals surface area contributed by atoms with Gasteiger partial charge in [0.05, 0.1) is 0 Å². The molecular weight excluding hydrogens is 227 g/mol. The number of nitrogens with one attached hydrogen (secondary N) is 1. The van der Waals surface area contributed by atoms with E-state index >= 15 is 0 Å². The van der Waals surface area contributed by atoms with Gasteiger partial charge in [0.2, 0.25) is 0 Å². The van der Waals surface area contributed by atoms with Gasteiger partial charge >= 0.3 is 0 Å². The summed E-state index contributed by atoms with van der Waals surface area (Å²) in [5.74, 6) is 0.604. The van der Waals surface area contributed by atoms with Gasteiger partial charge in [-0.15, -0.1) is 0 Å². The Hall–Kier alpha value is -0.930. The fourth-order valence-corrected chi connectivity index (χ4v) is 2.47. The molecule has 1 aromatic carbocycles. The van der Waals surface area contributed by atoms with Gasteiger partial charge in [-0.25, -0.2) is 4.39 Å². The predicted molar refractivity (Wildman–Crippen MR) is 72.9 cm³/mol. The Morgan fingerprint density at radius 3 is 2.72 bits per heavy atom. The highest BCUT2D eigenvalue weighted by Crippen LogP contribution is 2.18. The molecule has 0 saturated carbocycles. The zero-order valence-corrected chi connectivity index (χ0v) is 11.3. The maximum Gasteiger partial charge on any atom is 0.123 e. The van der Waals surface area contributed by atoms with Crippen LogP contribution in [0.5, 0.6) is 0 Å². The van der Waals surface area contributed by atoms with Gasteiger partial charge in [-0.05, 0) is 43.1 Å². The van der Waals surface area contributed by atoms with Crippen LogP contribution in [-0.2, 0) is 6.54 Å². The minimum Gasteiger partial charge on any atom is -0.314 e. The number of rotatable bonds is 5. The van der Waals surface area contributed by atoms with Crippen LogP contribution in [0.25, 0.3) is 0 Å². The smallest absolute Gasteiger partial charge is 0.123 e. The van der Waals surface area contributed by atoms with Crippen molar-refractivity contribution in [2.45, 2.75) is 32.9 Å². The minimum atomic E-state index is -0.154. The third-order valence-corrected chi connectivity index (χ3v) is 3.50. The molecule has 1 atom stereocenters. The predicted octanol–water partition coefficient (Wildman–Crippen LogP) is 2.65. The number of hydrogen-bond donors (Lipinski definition) is 1. The monoisotopic (exact) mass is 250 g/mol. The van der Waals surface area contributed by atoms with Crippen molar-refractivity contribution in [3.05, 3.63) is 35.6 Å². The van der Waals surface area contributed by atoms with E-state index in [1.54, 1.807) is 12.1 Å². The van der Waals surface area contributed by atoms with E-state index in [1.807, 2.05) is 12.1 Å². The molecule has 0 amide bonds. The van der Waals surface area contributed by atoms with Crippen LogP contribution >= 0.6 is 0 Å². The second kappa shape index (κ2) is 6.30. The summed E-state index contributed by atoms with van der Waals surface area (Å²) in [5.41, 5.74) is 1.20. The number of hydrogen-bond acceptors (Lipinski definition) is 2. The fraction of sp³-hybridized carbons (Fsp3) is 0.600. The van der Waals surface area contributed by atoms with Crippen molar-refractivity contribution < 1.29 is 4.39 Å². The first kappa shape index (κ1) is 13.5. The van der Waals surface area contributed by atoms with Gasteiger partial charge in [0.25, 0.3) is 0 Å². The third kappa shape index (κ3) is 4.07. The summed E-state index contributed by atoms with van der Waals surface area (Å²) in [6.45, 7) is 8.73. The maximum atomic E-state index is 12.8. The lowest BCUT2D eigenvalue weighted by Gasteiger charge is -2.17. The van der Waals surface area contributed by atoms with Crippen molar-refractivity contribution >= 4 is 0 Å². The Morgan fingerprint density at radius 1 is 1.33 bits per heavy atom. The van der Waals surface area contributed by atoms with E-state index in [2.05, 4.69) is 24.1 Å². The van der Waals surface area contributed by atoms with Gasteiger partial charge < -0.3 is 5.32 Å². The molecule has 2 rings (SSSR count). The van der Waals surface area contributed by atoms with Crippen LogP contribution in [0.2, 0.25) is 0 Å². The third-order valence-electron chi connectivity index (χ3n) is 3.50. The molecule has 1 fully saturated rings. The van der Waals surface area contributed by atoms with E-state index in [1.165, 1.54) is 12.0 Å². The van der Waals surface area contributed by atoms with E-state index in [0.717, 1.165) is 32.1 Å². The maximum absolute atomic E-state index is 12.8. The number of nitrogens with zero attached hydrogens (tertiary/aromatic N) is 1. The van der Waals surface area contributed by atoms with E-state index < -0.39 is 0 Å². The first-order valence-electron chi connectivity index (χ1n) is 6.83. The van der Waals surface area contributed by atoms with Crippen LogP contribution in [0.3, 0.4) is 0 Å². The lowest BCUT2D eigenvalue weighted by atomic mass is 10.1. The Bertz CT molecular complexity index is 361. The van der Waals surface area contributed by atoms with Crippen LogP contribution in [0.4, 0.5) is 4.39 Å². The van der Waals surface area contributed by atoms with Crippen molar-refractivity contribution in [1.82, 2.24) is 10.2 Å². The molecule has 1 aliphatic heterocycles. The molecule has 1 N–H and O–H groups in total. The van der Waals surface area contributed by atoms with Crippen LogP contribution in [-0.4, -0.2) is 30.6 Å². The summed E-state index contributed by atoms with van der Waals surface area (Å²) in [5, 5.41) is 3.50. The molecule has 1 heterocycles. The van der Waals surface area contributed by atoms with Gasteiger partial charge in [-0.3, -0.25) is 4.90 Å². The van der Waals surface area contributed by atoms with Gasteiger partial charge in [0.1, 0.15) is 5.82 Å². The Balaban J connectivity index is 1.77. The summed E-state index contributed by atoms with van der Waals surface area (Å²) in [6, 6.07) is 7.42. The molecule has 18 heavy (non-hydrogen) atoms. The molecule has 3 heteroatoms. The molecule has 0 spiro atoms. The first-order valence-corrected chi connectivity index (χ1v) is 6.83. The quantitative estimate of drug-likeness (QED) is 0.864. The molecular formula is C15H23FN2. The number of benzene rings is 1. The summed E-state index contributed by atoms with van der Waals surface area (Å²) >= 11 is 0. The van der Waals surface area contributed by atoms with Crippen molar-refractivity contribution in [3.63, 3.8) is 0 Å².